The van der Waals surface area contributed by atoms with E-state index in [-0.39, 0.29) is 11.6 Å². The zero-order valence-electron chi connectivity index (χ0n) is 15.8. The van der Waals surface area contributed by atoms with Gasteiger partial charge < -0.3 is 14.6 Å². The Morgan fingerprint density at radius 1 is 1.17 bits per heavy atom. The van der Waals surface area contributed by atoms with E-state index in [0.717, 1.165) is 13.0 Å². The first-order chi connectivity index (χ1) is 13.8. The van der Waals surface area contributed by atoms with E-state index in [4.69, 9.17) is 4.42 Å². The lowest BCUT2D eigenvalue weighted by molar-refractivity contribution is -0.153. The molecule has 0 saturated heterocycles. The maximum Gasteiger partial charge on any atom is 0.452 e. The van der Waals surface area contributed by atoms with Crippen LogP contribution in [0, 0.1) is 0 Å². The van der Waals surface area contributed by atoms with E-state index in [1.54, 1.807) is 42.5 Å². The predicted octanol–water partition coefficient (Wildman–Crippen LogP) is 4.85. The largest absolute Gasteiger partial charge is 0.452 e. The van der Waals surface area contributed by atoms with Gasteiger partial charge in [0.1, 0.15) is 5.82 Å². The molecule has 2 aromatic heterocycles. The molecule has 0 unspecified atom stereocenters. The second-order valence-corrected chi connectivity index (χ2v) is 6.34. The lowest BCUT2D eigenvalue weighted by atomic mass is 10.2. The van der Waals surface area contributed by atoms with Crippen LogP contribution in [0.4, 0.5) is 24.7 Å². The van der Waals surface area contributed by atoms with Crippen molar-refractivity contribution < 1.29 is 22.4 Å². The number of amides is 1. The fourth-order valence-corrected chi connectivity index (χ4v) is 2.70. The van der Waals surface area contributed by atoms with Crippen LogP contribution in [-0.2, 0) is 6.18 Å². The van der Waals surface area contributed by atoms with Crippen molar-refractivity contribution in [3.63, 3.8) is 0 Å². The number of alkyl halides is 3. The van der Waals surface area contributed by atoms with E-state index in [1.165, 1.54) is 6.20 Å². The van der Waals surface area contributed by atoms with Crippen LogP contribution in [0.1, 0.15) is 29.6 Å². The summed E-state index contributed by atoms with van der Waals surface area (Å²) in [6, 6.07) is 11.3. The highest BCUT2D eigenvalue weighted by Crippen LogP contribution is 2.35. The molecule has 152 valence electrons. The maximum absolute atomic E-state index is 13.4. The molecule has 6 nitrogen and oxygen atoms in total. The van der Waals surface area contributed by atoms with Crippen molar-refractivity contribution in [3.8, 4) is 11.5 Å². The molecule has 1 amide bonds. The van der Waals surface area contributed by atoms with Crippen LogP contribution in [-0.4, -0.2) is 29.5 Å². The first-order valence-corrected chi connectivity index (χ1v) is 8.91. The molecule has 3 aromatic rings. The number of nitrogens with one attached hydrogen (secondary N) is 1. The highest BCUT2D eigenvalue weighted by atomic mass is 19.4. The van der Waals surface area contributed by atoms with Crippen LogP contribution in [0.25, 0.3) is 11.5 Å². The Labute approximate surface area is 165 Å². The number of carbonyl (C=O) groups excluding carboxylic acids is 1. The fourth-order valence-electron chi connectivity index (χ4n) is 2.70. The molecule has 0 aliphatic heterocycles. The molecule has 1 N–H and O–H groups in total. The normalized spacial score (nSPS) is 11.3. The quantitative estimate of drug-likeness (QED) is 0.636. The van der Waals surface area contributed by atoms with Crippen molar-refractivity contribution >= 4 is 17.4 Å². The van der Waals surface area contributed by atoms with Crippen molar-refractivity contribution in [2.24, 2.45) is 0 Å². The first-order valence-electron chi connectivity index (χ1n) is 8.91. The molecule has 0 fully saturated rings. The molecule has 0 bridgehead atoms. The topological polar surface area (TPSA) is 71.3 Å². The number of pyridine rings is 1. The number of halogens is 3. The zero-order chi connectivity index (χ0) is 21.0. The first kappa shape index (κ1) is 20.4. The summed E-state index contributed by atoms with van der Waals surface area (Å²) in [5.41, 5.74) is -0.244. The van der Waals surface area contributed by atoms with Gasteiger partial charge in [0, 0.05) is 19.2 Å². The third-order valence-electron chi connectivity index (χ3n) is 4.08. The van der Waals surface area contributed by atoms with Crippen LogP contribution in [0.2, 0.25) is 0 Å². The monoisotopic (exact) mass is 404 g/mol. The minimum absolute atomic E-state index is 0.251. The smallest absolute Gasteiger partial charge is 0.431 e. The molecule has 2 heterocycles. The van der Waals surface area contributed by atoms with E-state index >= 15 is 0 Å². The van der Waals surface area contributed by atoms with Crippen molar-refractivity contribution in [2.75, 3.05) is 23.8 Å². The molecule has 0 radical (unpaired) electrons. The summed E-state index contributed by atoms with van der Waals surface area (Å²) in [5.74, 6) is -2.06. The van der Waals surface area contributed by atoms with Crippen molar-refractivity contribution in [1.29, 1.82) is 0 Å². The van der Waals surface area contributed by atoms with E-state index < -0.39 is 23.5 Å². The molecular formula is C20H19F3N4O2. The van der Waals surface area contributed by atoms with Gasteiger partial charge in [0.15, 0.2) is 5.69 Å². The minimum Gasteiger partial charge on any atom is -0.431 e. The Kier molecular flexibility index (Phi) is 5.86. The summed E-state index contributed by atoms with van der Waals surface area (Å²) in [4.78, 5) is 22.4. The van der Waals surface area contributed by atoms with E-state index in [2.05, 4.69) is 15.3 Å². The number of nitrogens with zero attached hydrogens (tertiary/aromatic N) is 3. The molecule has 0 spiro atoms. The van der Waals surface area contributed by atoms with E-state index in [1.807, 2.05) is 18.9 Å². The highest BCUT2D eigenvalue weighted by Gasteiger charge is 2.42. The van der Waals surface area contributed by atoms with Gasteiger partial charge in [-0.3, -0.25) is 4.79 Å². The molecule has 29 heavy (non-hydrogen) atoms. The number of aromatic nitrogens is 2. The Bertz CT molecular complexity index is 970. The lowest BCUT2D eigenvalue weighted by Gasteiger charge is -2.17. The number of hydrogen-bond donors (Lipinski definition) is 1. The average Bonchev–Trinajstić information content (AvgIpc) is 3.16. The van der Waals surface area contributed by atoms with Crippen molar-refractivity contribution in [1.82, 2.24) is 9.97 Å². The average molecular weight is 404 g/mol. The van der Waals surface area contributed by atoms with E-state index in [0.29, 0.717) is 11.4 Å². The molecule has 3 rings (SSSR count). The third-order valence-corrected chi connectivity index (χ3v) is 4.08. The van der Waals surface area contributed by atoms with Gasteiger partial charge >= 0.3 is 6.18 Å². The third kappa shape index (κ3) is 4.74. The van der Waals surface area contributed by atoms with Crippen LogP contribution in [0.3, 0.4) is 0 Å². The highest BCUT2D eigenvalue weighted by molar-refractivity contribution is 6.04. The van der Waals surface area contributed by atoms with Crippen molar-refractivity contribution in [2.45, 2.75) is 19.5 Å². The number of oxazole rings is 1. The second-order valence-electron chi connectivity index (χ2n) is 6.34. The number of rotatable bonds is 6. The summed E-state index contributed by atoms with van der Waals surface area (Å²) in [7, 11) is 1.88. The van der Waals surface area contributed by atoms with Gasteiger partial charge in [0.25, 0.3) is 5.91 Å². The number of anilines is 2. The Morgan fingerprint density at radius 2 is 1.90 bits per heavy atom. The Balaban J connectivity index is 1.86. The summed E-state index contributed by atoms with van der Waals surface area (Å²) in [6.45, 7) is 2.83. The van der Waals surface area contributed by atoms with Gasteiger partial charge in [-0.25, -0.2) is 9.97 Å². The lowest BCUT2D eigenvalue weighted by Crippen LogP contribution is -2.20. The summed E-state index contributed by atoms with van der Waals surface area (Å²) in [6.07, 6.45) is -2.55. The number of carbonyl (C=O) groups is 1. The van der Waals surface area contributed by atoms with Gasteiger partial charge in [0.05, 0.1) is 11.9 Å². The van der Waals surface area contributed by atoms with Crippen LogP contribution in [0.5, 0.6) is 0 Å². The van der Waals surface area contributed by atoms with Crippen molar-refractivity contribution in [3.05, 3.63) is 60.1 Å². The number of benzene rings is 1. The van der Waals surface area contributed by atoms with E-state index in [9.17, 15) is 18.0 Å². The Hall–Kier alpha value is -3.36. The minimum atomic E-state index is -4.86. The molecular weight excluding hydrogens is 385 g/mol. The molecule has 0 aliphatic rings. The van der Waals surface area contributed by atoms with Crippen LogP contribution >= 0.6 is 0 Å². The summed E-state index contributed by atoms with van der Waals surface area (Å²) in [5, 5.41) is 2.39. The SMILES string of the molecule is CCCN(C)c1ccc(NC(=O)c2nc(-c3ccccc3)oc2C(F)(F)F)cn1. The molecule has 0 aliphatic carbocycles. The van der Waals surface area contributed by atoms with Gasteiger partial charge in [-0.05, 0) is 30.7 Å². The molecule has 1 aromatic carbocycles. The predicted molar refractivity (Wildman–Crippen MR) is 103 cm³/mol. The fraction of sp³-hybridized carbons (Fsp3) is 0.250. The van der Waals surface area contributed by atoms with Gasteiger partial charge in [-0.2, -0.15) is 13.2 Å². The Morgan fingerprint density at radius 3 is 2.48 bits per heavy atom. The standard InChI is InChI=1S/C20H19F3N4O2/c1-3-11-27(2)15-10-9-14(12-24-15)25-18(28)16-17(20(21,22)23)29-19(26-16)13-7-5-4-6-8-13/h4-10,12H,3,11H2,1-2H3,(H,25,28). The molecule has 9 heteroatoms. The summed E-state index contributed by atoms with van der Waals surface area (Å²) >= 11 is 0. The van der Waals surface area contributed by atoms with Crippen LogP contribution in [0.15, 0.2) is 53.1 Å². The van der Waals surface area contributed by atoms with Gasteiger partial charge in [-0.1, -0.05) is 25.1 Å². The summed E-state index contributed by atoms with van der Waals surface area (Å²) < 4.78 is 45.0. The second kappa shape index (κ2) is 8.34. The molecule has 0 atom stereocenters. The maximum atomic E-state index is 13.4. The van der Waals surface area contributed by atoms with Crippen LogP contribution < -0.4 is 10.2 Å². The van der Waals surface area contributed by atoms with Gasteiger partial charge in [-0.15, -0.1) is 0 Å². The van der Waals surface area contributed by atoms with Gasteiger partial charge in [0.2, 0.25) is 11.7 Å². The zero-order valence-corrected chi connectivity index (χ0v) is 15.8. The number of hydrogen-bond acceptors (Lipinski definition) is 5. The molecule has 0 saturated carbocycles.